The Balaban J connectivity index is 1.93. The first-order chi connectivity index (χ1) is 8.25. The van der Waals surface area contributed by atoms with Crippen LogP contribution in [0.5, 0.6) is 0 Å². The molecule has 1 aromatic heterocycles. The zero-order valence-corrected chi connectivity index (χ0v) is 13.7. The van der Waals surface area contributed by atoms with E-state index >= 15 is 0 Å². The van der Waals surface area contributed by atoms with Gasteiger partial charge in [-0.2, -0.15) is 11.8 Å². The van der Waals surface area contributed by atoms with Crippen molar-refractivity contribution >= 4 is 57.7 Å². The minimum absolute atomic E-state index is 0.431. The zero-order chi connectivity index (χ0) is 11.8. The van der Waals surface area contributed by atoms with E-state index in [1.54, 1.807) is 0 Å². The third-order valence-electron chi connectivity index (χ3n) is 2.92. The maximum atomic E-state index is 6.24. The number of hydrogen-bond acceptors (Lipinski definition) is 4. The summed E-state index contributed by atoms with van der Waals surface area (Å²) < 4.78 is 1.06. The first kappa shape index (κ1) is 12.8. The molecule has 1 aliphatic carbocycles. The summed E-state index contributed by atoms with van der Waals surface area (Å²) in [6, 6.07) is 0. The fraction of sp³-hybridized carbons (Fsp3) is 0.636. The van der Waals surface area contributed by atoms with Crippen molar-refractivity contribution in [2.24, 2.45) is 0 Å². The summed E-state index contributed by atoms with van der Waals surface area (Å²) in [5, 5.41) is 1.08. The van der Waals surface area contributed by atoms with Gasteiger partial charge in [-0.3, -0.25) is 0 Å². The Hall–Kier alpha value is 0.800. The molecule has 0 aromatic carbocycles. The van der Waals surface area contributed by atoms with Crippen molar-refractivity contribution < 1.29 is 0 Å². The smallest absolute Gasteiger partial charge is 0.146 e. The van der Waals surface area contributed by atoms with E-state index in [0.717, 1.165) is 15.1 Å². The number of aromatic nitrogens is 2. The summed E-state index contributed by atoms with van der Waals surface area (Å²) in [4.78, 5) is 9.26. The monoisotopic (exact) mass is 398 g/mol. The van der Waals surface area contributed by atoms with Crippen LogP contribution >= 0.6 is 57.7 Å². The van der Waals surface area contributed by atoms with Crippen molar-refractivity contribution in [3.05, 3.63) is 20.2 Å². The highest BCUT2D eigenvalue weighted by atomic mass is 127. The number of halogens is 2. The lowest BCUT2D eigenvalue weighted by Gasteiger charge is -2.20. The summed E-state index contributed by atoms with van der Waals surface area (Å²) in [6.45, 7) is 0. The molecule has 3 rings (SSSR count). The molecule has 0 bridgehead atoms. The topological polar surface area (TPSA) is 25.8 Å². The zero-order valence-electron chi connectivity index (χ0n) is 9.16. The van der Waals surface area contributed by atoms with Crippen LogP contribution in [0.4, 0.5) is 0 Å². The molecule has 1 saturated heterocycles. The van der Waals surface area contributed by atoms with E-state index in [1.807, 2.05) is 23.5 Å². The largest absolute Gasteiger partial charge is 0.235 e. The quantitative estimate of drug-likeness (QED) is 0.552. The maximum Gasteiger partial charge on any atom is 0.146 e. The standard InChI is InChI=1S/C11H12ClIN2S2/c12-10-8(13)9(6-1-2-6)14-11(15-10)7-5-16-3-4-17-7/h6-7H,1-5H2. The van der Waals surface area contributed by atoms with E-state index in [9.17, 15) is 0 Å². The van der Waals surface area contributed by atoms with Gasteiger partial charge in [-0.15, -0.1) is 11.8 Å². The highest BCUT2D eigenvalue weighted by Gasteiger charge is 2.30. The van der Waals surface area contributed by atoms with Crippen molar-refractivity contribution in [1.82, 2.24) is 9.97 Å². The highest BCUT2D eigenvalue weighted by Crippen LogP contribution is 2.43. The van der Waals surface area contributed by atoms with Crippen molar-refractivity contribution in [3.8, 4) is 0 Å². The summed E-state index contributed by atoms with van der Waals surface area (Å²) in [5.41, 5.74) is 1.19. The number of rotatable bonds is 2. The van der Waals surface area contributed by atoms with E-state index in [1.165, 1.54) is 30.0 Å². The molecule has 2 heterocycles. The van der Waals surface area contributed by atoms with E-state index in [4.69, 9.17) is 16.6 Å². The fourth-order valence-electron chi connectivity index (χ4n) is 1.86. The molecule has 2 aliphatic rings. The van der Waals surface area contributed by atoms with Gasteiger partial charge in [0.05, 0.1) is 14.5 Å². The van der Waals surface area contributed by atoms with E-state index in [2.05, 4.69) is 27.6 Å². The summed E-state index contributed by atoms with van der Waals surface area (Å²) >= 11 is 12.5. The molecule has 2 fully saturated rings. The highest BCUT2D eigenvalue weighted by molar-refractivity contribution is 14.1. The van der Waals surface area contributed by atoms with Crippen LogP contribution in [0, 0.1) is 3.57 Å². The molecule has 1 aliphatic heterocycles. The molecule has 17 heavy (non-hydrogen) atoms. The molecule has 0 spiro atoms. The summed E-state index contributed by atoms with van der Waals surface area (Å²) in [5.74, 6) is 5.15. The average Bonchev–Trinajstić information content (AvgIpc) is 3.18. The third kappa shape index (κ3) is 2.87. The molecular formula is C11H12ClIN2S2. The molecule has 0 radical (unpaired) electrons. The van der Waals surface area contributed by atoms with Crippen molar-refractivity contribution in [1.29, 1.82) is 0 Å². The third-order valence-corrected chi connectivity index (χ3v) is 7.33. The van der Waals surface area contributed by atoms with Crippen LogP contribution in [-0.2, 0) is 0 Å². The first-order valence-corrected chi connectivity index (χ1v) is 9.34. The molecule has 0 N–H and O–H groups in total. The van der Waals surface area contributed by atoms with Crippen LogP contribution < -0.4 is 0 Å². The number of thioether (sulfide) groups is 2. The molecule has 1 aromatic rings. The predicted octanol–water partition coefficient (Wildman–Crippen LogP) is 4.13. The van der Waals surface area contributed by atoms with Gasteiger partial charge in [0.25, 0.3) is 0 Å². The van der Waals surface area contributed by atoms with E-state index < -0.39 is 0 Å². The molecule has 0 amide bonds. The average molecular weight is 399 g/mol. The van der Waals surface area contributed by atoms with Gasteiger partial charge in [-0.05, 0) is 35.4 Å². The lowest BCUT2D eigenvalue weighted by atomic mass is 10.3. The van der Waals surface area contributed by atoms with Crippen LogP contribution in [0.15, 0.2) is 0 Å². The Kier molecular flexibility index (Phi) is 4.09. The van der Waals surface area contributed by atoms with E-state index in [0.29, 0.717) is 16.3 Å². The molecular weight excluding hydrogens is 387 g/mol. The maximum absolute atomic E-state index is 6.24. The Morgan fingerprint density at radius 1 is 1.24 bits per heavy atom. The molecule has 1 atom stereocenters. The minimum Gasteiger partial charge on any atom is -0.235 e. The van der Waals surface area contributed by atoms with Gasteiger partial charge < -0.3 is 0 Å². The van der Waals surface area contributed by atoms with Gasteiger partial charge in [-0.1, -0.05) is 11.6 Å². The van der Waals surface area contributed by atoms with Crippen LogP contribution in [0.3, 0.4) is 0 Å². The second-order valence-electron chi connectivity index (χ2n) is 4.28. The predicted molar refractivity (Wildman–Crippen MR) is 84.3 cm³/mol. The minimum atomic E-state index is 0.431. The van der Waals surface area contributed by atoms with Crippen molar-refractivity contribution in [2.75, 3.05) is 17.3 Å². The van der Waals surface area contributed by atoms with Gasteiger partial charge in [0.1, 0.15) is 11.0 Å². The van der Waals surface area contributed by atoms with Crippen molar-refractivity contribution in [3.63, 3.8) is 0 Å². The molecule has 1 saturated carbocycles. The number of hydrogen-bond donors (Lipinski definition) is 0. The normalized spacial score (nSPS) is 24.9. The SMILES string of the molecule is Clc1nc(C2CSCCS2)nc(C2CC2)c1I. The van der Waals surface area contributed by atoms with Gasteiger partial charge in [0.2, 0.25) is 0 Å². The first-order valence-electron chi connectivity index (χ1n) is 5.68. The van der Waals surface area contributed by atoms with Gasteiger partial charge >= 0.3 is 0 Å². The van der Waals surface area contributed by atoms with Crippen LogP contribution in [0.1, 0.15) is 35.5 Å². The van der Waals surface area contributed by atoms with Gasteiger partial charge in [-0.25, -0.2) is 9.97 Å². The van der Waals surface area contributed by atoms with Gasteiger partial charge in [0, 0.05) is 23.2 Å². The lowest BCUT2D eigenvalue weighted by molar-refractivity contribution is 0.864. The fourth-order valence-corrected chi connectivity index (χ4v) is 5.32. The summed E-state index contributed by atoms with van der Waals surface area (Å²) in [7, 11) is 0. The summed E-state index contributed by atoms with van der Waals surface area (Å²) in [6.07, 6.45) is 2.52. The van der Waals surface area contributed by atoms with Crippen LogP contribution in [0.2, 0.25) is 5.15 Å². The Bertz CT molecular complexity index is 434. The number of nitrogens with zero attached hydrogens (tertiary/aromatic N) is 2. The second kappa shape index (κ2) is 5.43. The Morgan fingerprint density at radius 2 is 2.06 bits per heavy atom. The Morgan fingerprint density at radius 3 is 2.71 bits per heavy atom. The molecule has 1 unspecified atom stereocenters. The lowest BCUT2D eigenvalue weighted by Crippen LogP contribution is -2.12. The van der Waals surface area contributed by atoms with Crippen LogP contribution in [0.25, 0.3) is 0 Å². The molecule has 92 valence electrons. The second-order valence-corrected chi connectivity index (χ2v) is 8.18. The molecule has 2 nitrogen and oxygen atoms in total. The van der Waals surface area contributed by atoms with Crippen LogP contribution in [-0.4, -0.2) is 27.2 Å². The molecule has 6 heteroatoms. The Labute approximate surface area is 128 Å². The van der Waals surface area contributed by atoms with Gasteiger partial charge in [0.15, 0.2) is 0 Å². The van der Waals surface area contributed by atoms with Crippen molar-refractivity contribution in [2.45, 2.75) is 24.0 Å². The van der Waals surface area contributed by atoms with E-state index in [-0.39, 0.29) is 0 Å².